The fourth-order valence-corrected chi connectivity index (χ4v) is 1.80. The van der Waals surface area contributed by atoms with Crippen LogP contribution in [0.4, 0.5) is 5.69 Å². The molecule has 1 heterocycles. The van der Waals surface area contributed by atoms with E-state index >= 15 is 0 Å². The Hall–Kier alpha value is -1.67. The van der Waals surface area contributed by atoms with Crippen LogP contribution in [0.3, 0.4) is 0 Å². The van der Waals surface area contributed by atoms with Gasteiger partial charge >= 0.3 is 5.97 Å². The molecule has 0 radical (unpaired) electrons. The number of carboxylic acid groups (broad SMARTS) is 1. The third-order valence-corrected chi connectivity index (χ3v) is 2.81. The highest BCUT2D eigenvalue weighted by atomic mass is 32.2. The molecule has 0 atom stereocenters. The van der Waals surface area contributed by atoms with Gasteiger partial charge in [-0.25, -0.2) is 17.9 Å². The van der Waals surface area contributed by atoms with E-state index in [0.717, 1.165) is 6.26 Å². The van der Waals surface area contributed by atoms with Gasteiger partial charge in [-0.1, -0.05) is 0 Å². The standard InChI is InChI=1S/C10H15N3O4S/c1-18(16,17)13-5-2-4-12-9-3-6-11-7-8(9)10(14)15/h3,6-7,13H,2,4-5H2,1H3,(H,11,12)(H,14,15). The number of carbonyl (C=O) groups is 1. The summed E-state index contributed by atoms with van der Waals surface area (Å²) in [6.45, 7) is 0.770. The summed E-state index contributed by atoms with van der Waals surface area (Å²) < 4.78 is 23.9. The van der Waals surface area contributed by atoms with Crippen molar-refractivity contribution in [3.05, 3.63) is 24.0 Å². The number of nitrogens with zero attached hydrogens (tertiary/aromatic N) is 1. The van der Waals surface area contributed by atoms with Crippen molar-refractivity contribution in [2.75, 3.05) is 24.7 Å². The van der Waals surface area contributed by atoms with Crippen LogP contribution in [0.15, 0.2) is 18.5 Å². The molecular weight excluding hydrogens is 258 g/mol. The van der Waals surface area contributed by atoms with Gasteiger partial charge in [0.25, 0.3) is 0 Å². The van der Waals surface area contributed by atoms with Crippen LogP contribution in [0.5, 0.6) is 0 Å². The molecule has 0 aliphatic rings. The minimum Gasteiger partial charge on any atom is -0.478 e. The maximum absolute atomic E-state index is 10.9. The maximum Gasteiger partial charge on any atom is 0.339 e. The molecule has 0 saturated carbocycles. The molecule has 0 aliphatic carbocycles. The van der Waals surface area contributed by atoms with Crippen LogP contribution < -0.4 is 10.0 Å². The average Bonchev–Trinajstić information content (AvgIpc) is 2.27. The Labute approximate surface area is 105 Å². The van der Waals surface area contributed by atoms with Crippen molar-refractivity contribution in [2.45, 2.75) is 6.42 Å². The van der Waals surface area contributed by atoms with Crippen LogP contribution in [-0.2, 0) is 10.0 Å². The van der Waals surface area contributed by atoms with Crippen molar-refractivity contribution in [1.82, 2.24) is 9.71 Å². The second kappa shape index (κ2) is 6.31. The van der Waals surface area contributed by atoms with E-state index in [0.29, 0.717) is 25.2 Å². The molecule has 1 aromatic heterocycles. The van der Waals surface area contributed by atoms with Gasteiger partial charge in [-0.15, -0.1) is 0 Å². The molecule has 0 aliphatic heterocycles. The van der Waals surface area contributed by atoms with E-state index in [4.69, 9.17) is 5.11 Å². The Morgan fingerprint density at radius 1 is 1.44 bits per heavy atom. The molecule has 0 fully saturated rings. The van der Waals surface area contributed by atoms with Crippen LogP contribution in [0.1, 0.15) is 16.8 Å². The topological polar surface area (TPSA) is 108 Å². The Morgan fingerprint density at radius 3 is 2.78 bits per heavy atom. The van der Waals surface area contributed by atoms with Crippen molar-refractivity contribution in [2.24, 2.45) is 0 Å². The molecule has 7 nitrogen and oxygen atoms in total. The van der Waals surface area contributed by atoms with Gasteiger partial charge < -0.3 is 10.4 Å². The summed E-state index contributed by atoms with van der Waals surface area (Å²) in [7, 11) is -3.17. The highest BCUT2D eigenvalue weighted by Gasteiger charge is 2.08. The van der Waals surface area contributed by atoms with Gasteiger partial charge in [0.05, 0.1) is 11.9 Å². The number of sulfonamides is 1. The lowest BCUT2D eigenvalue weighted by Crippen LogP contribution is -2.24. The molecule has 0 bridgehead atoms. The fraction of sp³-hybridized carbons (Fsp3) is 0.400. The number of carboxylic acids is 1. The van der Waals surface area contributed by atoms with E-state index in [2.05, 4.69) is 15.0 Å². The second-order valence-corrected chi connectivity index (χ2v) is 5.51. The van der Waals surface area contributed by atoms with Crippen LogP contribution in [-0.4, -0.2) is 43.8 Å². The van der Waals surface area contributed by atoms with Gasteiger partial charge in [0.15, 0.2) is 0 Å². The smallest absolute Gasteiger partial charge is 0.339 e. The highest BCUT2D eigenvalue weighted by Crippen LogP contribution is 2.12. The molecule has 1 aromatic rings. The number of rotatable bonds is 7. The fourth-order valence-electron chi connectivity index (χ4n) is 1.29. The second-order valence-electron chi connectivity index (χ2n) is 3.67. The third kappa shape index (κ3) is 5.11. The Morgan fingerprint density at radius 2 is 2.17 bits per heavy atom. The molecule has 0 spiro atoms. The Balaban J connectivity index is 2.42. The molecule has 0 amide bonds. The number of aromatic carboxylic acids is 1. The number of hydrogen-bond donors (Lipinski definition) is 3. The normalized spacial score (nSPS) is 11.2. The molecule has 0 saturated heterocycles. The Bertz CT molecular complexity index is 516. The van der Waals surface area contributed by atoms with E-state index in [1.807, 2.05) is 0 Å². The lowest BCUT2D eigenvalue weighted by atomic mass is 10.2. The quantitative estimate of drug-likeness (QED) is 0.609. The first-order valence-corrected chi connectivity index (χ1v) is 7.15. The SMILES string of the molecule is CS(=O)(=O)NCCCNc1ccncc1C(=O)O. The first-order valence-electron chi connectivity index (χ1n) is 5.26. The van der Waals surface area contributed by atoms with Crippen molar-refractivity contribution < 1.29 is 18.3 Å². The van der Waals surface area contributed by atoms with Gasteiger partial charge in [-0.05, 0) is 12.5 Å². The number of hydrogen-bond acceptors (Lipinski definition) is 5. The first-order chi connectivity index (χ1) is 8.40. The van der Waals surface area contributed by atoms with E-state index in [1.54, 1.807) is 6.07 Å². The minimum absolute atomic E-state index is 0.0913. The number of anilines is 1. The summed E-state index contributed by atoms with van der Waals surface area (Å²) in [5.41, 5.74) is 0.561. The largest absolute Gasteiger partial charge is 0.478 e. The summed E-state index contributed by atoms with van der Waals surface area (Å²) in [4.78, 5) is 14.6. The summed E-state index contributed by atoms with van der Waals surface area (Å²) in [6, 6.07) is 1.56. The lowest BCUT2D eigenvalue weighted by molar-refractivity contribution is 0.0697. The predicted molar refractivity (Wildman–Crippen MR) is 67.1 cm³/mol. The van der Waals surface area contributed by atoms with E-state index in [-0.39, 0.29) is 5.56 Å². The molecular formula is C10H15N3O4S. The van der Waals surface area contributed by atoms with Crippen molar-refractivity contribution in [3.63, 3.8) is 0 Å². The Kier molecular flexibility index (Phi) is 5.05. The molecule has 0 unspecified atom stereocenters. The van der Waals surface area contributed by atoms with Crippen LogP contribution in [0.25, 0.3) is 0 Å². The van der Waals surface area contributed by atoms with E-state index < -0.39 is 16.0 Å². The third-order valence-electron chi connectivity index (χ3n) is 2.08. The zero-order chi connectivity index (χ0) is 13.6. The number of aromatic nitrogens is 1. The molecule has 8 heteroatoms. The van der Waals surface area contributed by atoms with Crippen LogP contribution >= 0.6 is 0 Å². The van der Waals surface area contributed by atoms with Gasteiger partial charge in [0, 0.05) is 25.5 Å². The summed E-state index contributed by atoms with van der Waals surface area (Å²) in [5, 5.41) is 11.8. The predicted octanol–water partition coefficient (Wildman–Crippen LogP) is 0.131. The molecule has 3 N–H and O–H groups in total. The maximum atomic E-state index is 10.9. The van der Waals surface area contributed by atoms with Crippen molar-refractivity contribution in [3.8, 4) is 0 Å². The van der Waals surface area contributed by atoms with Crippen molar-refractivity contribution in [1.29, 1.82) is 0 Å². The zero-order valence-corrected chi connectivity index (χ0v) is 10.7. The van der Waals surface area contributed by atoms with Crippen LogP contribution in [0, 0.1) is 0 Å². The average molecular weight is 273 g/mol. The van der Waals surface area contributed by atoms with Gasteiger partial charge in [-0.3, -0.25) is 4.98 Å². The van der Waals surface area contributed by atoms with Gasteiger partial charge in [-0.2, -0.15) is 0 Å². The lowest BCUT2D eigenvalue weighted by Gasteiger charge is -2.08. The summed E-state index contributed by atoms with van der Waals surface area (Å²) in [5.74, 6) is -1.06. The van der Waals surface area contributed by atoms with Gasteiger partial charge in [0.1, 0.15) is 5.56 Å². The zero-order valence-electron chi connectivity index (χ0n) is 9.88. The summed E-state index contributed by atoms with van der Waals surface area (Å²) >= 11 is 0. The molecule has 18 heavy (non-hydrogen) atoms. The molecule has 1 rings (SSSR count). The van der Waals surface area contributed by atoms with Crippen molar-refractivity contribution >= 4 is 21.7 Å². The number of nitrogens with one attached hydrogen (secondary N) is 2. The van der Waals surface area contributed by atoms with E-state index in [1.165, 1.54) is 12.4 Å². The molecule has 100 valence electrons. The number of pyridine rings is 1. The monoisotopic (exact) mass is 273 g/mol. The minimum atomic E-state index is -3.17. The highest BCUT2D eigenvalue weighted by molar-refractivity contribution is 7.88. The van der Waals surface area contributed by atoms with Gasteiger partial charge in [0.2, 0.25) is 10.0 Å². The first kappa shape index (κ1) is 14.4. The van der Waals surface area contributed by atoms with Crippen LogP contribution in [0.2, 0.25) is 0 Å². The van der Waals surface area contributed by atoms with E-state index in [9.17, 15) is 13.2 Å². The molecule has 0 aromatic carbocycles. The summed E-state index contributed by atoms with van der Waals surface area (Å²) in [6.07, 6.45) is 4.39.